The van der Waals surface area contributed by atoms with Gasteiger partial charge in [-0.2, -0.15) is 0 Å². The van der Waals surface area contributed by atoms with Crippen molar-refractivity contribution in [2.75, 3.05) is 11.3 Å². The number of ether oxygens (including phenoxy) is 2. The molecule has 134 valence electrons. The van der Waals surface area contributed by atoms with Gasteiger partial charge in [0.1, 0.15) is 17.6 Å². The highest BCUT2D eigenvalue weighted by Crippen LogP contribution is 2.38. The fourth-order valence-corrected chi connectivity index (χ4v) is 3.96. The first-order chi connectivity index (χ1) is 11.9. The summed E-state index contributed by atoms with van der Waals surface area (Å²) in [5.74, 6) is 1.22. The van der Waals surface area contributed by atoms with E-state index in [1.54, 1.807) is 18.2 Å². The summed E-state index contributed by atoms with van der Waals surface area (Å²) in [6.45, 7) is 6.34. The molecule has 0 amide bonds. The lowest BCUT2D eigenvalue weighted by molar-refractivity contribution is 0.254. The van der Waals surface area contributed by atoms with Crippen molar-refractivity contribution in [2.24, 2.45) is 0 Å². The predicted molar refractivity (Wildman–Crippen MR) is 98.0 cm³/mol. The molecule has 0 radical (unpaired) electrons. The van der Waals surface area contributed by atoms with E-state index in [0.29, 0.717) is 23.8 Å². The molecule has 0 saturated carbocycles. The van der Waals surface area contributed by atoms with E-state index in [2.05, 4.69) is 4.72 Å². The van der Waals surface area contributed by atoms with Crippen LogP contribution >= 0.6 is 0 Å². The SMILES string of the molecule is CCOc1cc2c(cc1NS(=O)(=O)c1ccc(CC)cc1)O[C@@H](C)C2. The largest absolute Gasteiger partial charge is 0.492 e. The number of rotatable bonds is 6. The maximum atomic E-state index is 12.7. The molecule has 6 heteroatoms. The normalized spacial score (nSPS) is 16.2. The van der Waals surface area contributed by atoms with Crippen molar-refractivity contribution < 1.29 is 17.9 Å². The van der Waals surface area contributed by atoms with E-state index in [0.717, 1.165) is 24.0 Å². The second-order valence-electron chi connectivity index (χ2n) is 6.12. The molecule has 1 aliphatic heterocycles. The Labute approximate surface area is 149 Å². The maximum Gasteiger partial charge on any atom is 0.262 e. The van der Waals surface area contributed by atoms with Crippen molar-refractivity contribution in [2.45, 2.75) is 44.6 Å². The first-order valence-corrected chi connectivity index (χ1v) is 9.99. The van der Waals surface area contributed by atoms with Crippen LogP contribution in [-0.4, -0.2) is 21.1 Å². The lowest BCUT2D eigenvalue weighted by atomic mass is 10.1. The Bertz CT molecular complexity index is 860. The number of benzene rings is 2. The molecule has 1 atom stereocenters. The summed E-state index contributed by atoms with van der Waals surface area (Å²) in [5, 5.41) is 0. The lowest BCUT2D eigenvalue weighted by Gasteiger charge is -2.15. The second-order valence-corrected chi connectivity index (χ2v) is 7.81. The van der Waals surface area contributed by atoms with Crippen LogP contribution in [0.15, 0.2) is 41.3 Å². The van der Waals surface area contributed by atoms with Crippen LogP contribution < -0.4 is 14.2 Å². The van der Waals surface area contributed by atoms with Gasteiger partial charge in [0.25, 0.3) is 10.0 Å². The van der Waals surface area contributed by atoms with Crippen LogP contribution in [0.25, 0.3) is 0 Å². The minimum absolute atomic E-state index is 0.0814. The monoisotopic (exact) mass is 361 g/mol. The molecule has 3 rings (SSSR count). The molecular formula is C19H23NO4S. The van der Waals surface area contributed by atoms with Gasteiger partial charge in [0.2, 0.25) is 0 Å². The molecule has 0 bridgehead atoms. The zero-order valence-electron chi connectivity index (χ0n) is 14.7. The third-order valence-corrected chi connectivity index (χ3v) is 5.57. The van der Waals surface area contributed by atoms with Gasteiger partial charge in [-0.1, -0.05) is 19.1 Å². The fraction of sp³-hybridized carbons (Fsp3) is 0.368. The average Bonchev–Trinajstić information content (AvgIpc) is 2.94. The number of hydrogen-bond acceptors (Lipinski definition) is 4. The summed E-state index contributed by atoms with van der Waals surface area (Å²) < 4.78 is 39.4. The van der Waals surface area contributed by atoms with Crippen molar-refractivity contribution in [3.05, 3.63) is 47.5 Å². The van der Waals surface area contributed by atoms with E-state index >= 15 is 0 Å². The fourth-order valence-electron chi connectivity index (χ4n) is 2.90. The first kappa shape index (κ1) is 17.6. The Hall–Kier alpha value is -2.21. The maximum absolute atomic E-state index is 12.7. The van der Waals surface area contributed by atoms with E-state index in [1.165, 1.54) is 0 Å². The summed E-state index contributed by atoms with van der Waals surface area (Å²) in [7, 11) is -3.70. The molecule has 0 aliphatic carbocycles. The Morgan fingerprint density at radius 1 is 1.20 bits per heavy atom. The molecule has 0 saturated heterocycles. The van der Waals surface area contributed by atoms with Crippen LogP contribution in [0.1, 0.15) is 31.9 Å². The van der Waals surface area contributed by atoms with Gasteiger partial charge < -0.3 is 9.47 Å². The highest BCUT2D eigenvalue weighted by Gasteiger charge is 2.24. The molecule has 2 aromatic carbocycles. The minimum Gasteiger partial charge on any atom is -0.492 e. The molecule has 1 heterocycles. The van der Waals surface area contributed by atoms with Gasteiger partial charge >= 0.3 is 0 Å². The number of hydrogen-bond donors (Lipinski definition) is 1. The van der Waals surface area contributed by atoms with E-state index in [9.17, 15) is 8.42 Å². The molecule has 1 N–H and O–H groups in total. The number of aryl methyl sites for hydroxylation is 1. The van der Waals surface area contributed by atoms with Crippen molar-refractivity contribution >= 4 is 15.7 Å². The Balaban J connectivity index is 1.94. The predicted octanol–water partition coefficient (Wildman–Crippen LogP) is 3.77. The molecule has 1 aliphatic rings. The summed E-state index contributed by atoms with van der Waals surface area (Å²) in [6, 6.07) is 10.5. The molecule has 0 aromatic heterocycles. The minimum atomic E-state index is -3.70. The summed E-state index contributed by atoms with van der Waals surface area (Å²) in [5.41, 5.74) is 2.52. The Morgan fingerprint density at radius 3 is 2.56 bits per heavy atom. The van der Waals surface area contributed by atoms with E-state index in [1.807, 2.05) is 39.0 Å². The van der Waals surface area contributed by atoms with Gasteiger partial charge in [-0.15, -0.1) is 0 Å². The third kappa shape index (κ3) is 3.74. The van der Waals surface area contributed by atoms with Gasteiger partial charge in [0, 0.05) is 18.1 Å². The first-order valence-electron chi connectivity index (χ1n) is 8.51. The summed E-state index contributed by atoms with van der Waals surface area (Å²) in [4.78, 5) is 0.224. The standard InChI is InChI=1S/C19H23NO4S/c1-4-14-6-8-16(9-7-14)25(21,22)20-17-12-18-15(10-13(3)24-18)11-19(17)23-5-2/h6-9,11-13,20H,4-5,10H2,1-3H3/t13-/m0/s1. The smallest absolute Gasteiger partial charge is 0.262 e. The topological polar surface area (TPSA) is 64.6 Å². The molecule has 0 unspecified atom stereocenters. The van der Waals surface area contributed by atoms with Gasteiger partial charge in [-0.3, -0.25) is 4.72 Å². The molecule has 0 spiro atoms. The van der Waals surface area contributed by atoms with E-state index in [4.69, 9.17) is 9.47 Å². The highest BCUT2D eigenvalue weighted by molar-refractivity contribution is 7.92. The number of nitrogens with one attached hydrogen (secondary N) is 1. The number of sulfonamides is 1. The van der Waals surface area contributed by atoms with Crippen LogP contribution in [0, 0.1) is 0 Å². The van der Waals surface area contributed by atoms with Crippen LogP contribution in [-0.2, 0) is 22.9 Å². The molecule has 0 fully saturated rings. The molecule has 2 aromatic rings. The van der Waals surface area contributed by atoms with Crippen LogP contribution in [0.4, 0.5) is 5.69 Å². The van der Waals surface area contributed by atoms with Crippen LogP contribution in [0.5, 0.6) is 11.5 Å². The van der Waals surface area contributed by atoms with E-state index in [-0.39, 0.29) is 11.0 Å². The molecule has 25 heavy (non-hydrogen) atoms. The van der Waals surface area contributed by atoms with Gasteiger partial charge in [0.05, 0.1) is 17.2 Å². The number of fused-ring (bicyclic) bond motifs is 1. The highest BCUT2D eigenvalue weighted by atomic mass is 32.2. The van der Waals surface area contributed by atoms with Crippen molar-refractivity contribution in [3.63, 3.8) is 0 Å². The Kier molecular flexibility index (Phi) is 4.90. The van der Waals surface area contributed by atoms with Crippen LogP contribution in [0.2, 0.25) is 0 Å². The van der Waals surface area contributed by atoms with Crippen LogP contribution in [0.3, 0.4) is 0 Å². The van der Waals surface area contributed by atoms with Gasteiger partial charge in [-0.05, 0) is 44.0 Å². The van der Waals surface area contributed by atoms with E-state index < -0.39 is 10.0 Å². The van der Waals surface area contributed by atoms with Gasteiger partial charge in [-0.25, -0.2) is 8.42 Å². The third-order valence-electron chi connectivity index (χ3n) is 4.18. The van der Waals surface area contributed by atoms with Crippen molar-refractivity contribution in [3.8, 4) is 11.5 Å². The number of anilines is 1. The summed E-state index contributed by atoms with van der Waals surface area (Å²) >= 11 is 0. The second kappa shape index (κ2) is 6.96. The van der Waals surface area contributed by atoms with Crippen molar-refractivity contribution in [1.82, 2.24) is 0 Å². The zero-order chi connectivity index (χ0) is 18.0. The summed E-state index contributed by atoms with van der Waals surface area (Å²) in [6.07, 6.45) is 1.74. The van der Waals surface area contributed by atoms with Crippen molar-refractivity contribution in [1.29, 1.82) is 0 Å². The molecular weight excluding hydrogens is 338 g/mol. The Morgan fingerprint density at radius 2 is 1.92 bits per heavy atom. The lowest BCUT2D eigenvalue weighted by Crippen LogP contribution is -2.14. The zero-order valence-corrected chi connectivity index (χ0v) is 15.5. The molecule has 5 nitrogen and oxygen atoms in total. The quantitative estimate of drug-likeness (QED) is 0.851. The van der Waals surface area contributed by atoms with Gasteiger partial charge in [0.15, 0.2) is 0 Å². The average molecular weight is 361 g/mol.